The minimum Gasteiger partial charge on any atom is -0.484 e. The molecule has 2 aromatic rings. The van der Waals surface area contributed by atoms with Crippen molar-refractivity contribution >= 4 is 11.8 Å². The van der Waals surface area contributed by atoms with Gasteiger partial charge in [-0.25, -0.2) is 4.39 Å². The first-order valence-corrected chi connectivity index (χ1v) is 9.61. The zero-order valence-electron chi connectivity index (χ0n) is 16.1. The van der Waals surface area contributed by atoms with Crippen LogP contribution in [0.15, 0.2) is 48.5 Å². The van der Waals surface area contributed by atoms with Crippen LogP contribution in [0.25, 0.3) is 0 Å². The summed E-state index contributed by atoms with van der Waals surface area (Å²) in [5.74, 6) is 0.0762. The van der Waals surface area contributed by atoms with Crippen molar-refractivity contribution in [1.29, 1.82) is 0 Å². The van der Waals surface area contributed by atoms with Gasteiger partial charge in [-0.1, -0.05) is 25.5 Å². The van der Waals surface area contributed by atoms with Gasteiger partial charge in [0.2, 0.25) is 0 Å². The van der Waals surface area contributed by atoms with Gasteiger partial charge < -0.3 is 14.5 Å². The number of aryl methyl sites for hydroxylation is 1. The first-order valence-electron chi connectivity index (χ1n) is 9.61. The van der Waals surface area contributed by atoms with E-state index in [0.29, 0.717) is 37.5 Å². The van der Waals surface area contributed by atoms with Gasteiger partial charge >= 0.3 is 0 Å². The molecule has 1 fully saturated rings. The predicted octanol–water partition coefficient (Wildman–Crippen LogP) is 3.14. The van der Waals surface area contributed by atoms with Gasteiger partial charge in [-0.15, -0.1) is 0 Å². The lowest BCUT2D eigenvalue weighted by atomic mass is 10.1. The van der Waals surface area contributed by atoms with Crippen LogP contribution in [-0.2, 0) is 11.2 Å². The molecule has 0 radical (unpaired) electrons. The Morgan fingerprint density at radius 3 is 2.14 bits per heavy atom. The molecule has 6 heteroatoms. The van der Waals surface area contributed by atoms with Crippen molar-refractivity contribution in [2.45, 2.75) is 19.8 Å². The van der Waals surface area contributed by atoms with Gasteiger partial charge in [0.05, 0.1) is 0 Å². The Kier molecular flexibility index (Phi) is 6.63. The molecule has 28 heavy (non-hydrogen) atoms. The average Bonchev–Trinajstić information content (AvgIpc) is 2.73. The van der Waals surface area contributed by atoms with E-state index in [4.69, 9.17) is 4.74 Å². The highest BCUT2D eigenvalue weighted by Gasteiger charge is 2.25. The van der Waals surface area contributed by atoms with E-state index in [9.17, 15) is 14.0 Å². The maximum atomic E-state index is 13.0. The van der Waals surface area contributed by atoms with Crippen LogP contribution < -0.4 is 4.74 Å². The second kappa shape index (κ2) is 9.35. The molecular formula is C22H25FN2O3. The van der Waals surface area contributed by atoms with E-state index in [0.717, 1.165) is 12.8 Å². The number of ether oxygens (including phenoxy) is 1. The molecule has 0 spiro atoms. The molecular weight excluding hydrogens is 359 g/mol. The number of carbonyl (C=O) groups is 2. The first-order chi connectivity index (χ1) is 13.6. The van der Waals surface area contributed by atoms with E-state index in [1.807, 2.05) is 24.3 Å². The molecule has 1 saturated heterocycles. The normalized spacial score (nSPS) is 14.1. The van der Waals surface area contributed by atoms with Crippen molar-refractivity contribution in [2.24, 2.45) is 0 Å². The number of halogens is 1. The van der Waals surface area contributed by atoms with Crippen LogP contribution in [0.1, 0.15) is 29.3 Å². The third kappa shape index (κ3) is 5.09. The number of benzene rings is 2. The molecule has 1 aliphatic rings. The molecule has 0 atom stereocenters. The van der Waals surface area contributed by atoms with Crippen LogP contribution in [0.3, 0.4) is 0 Å². The van der Waals surface area contributed by atoms with E-state index in [-0.39, 0.29) is 24.2 Å². The third-order valence-electron chi connectivity index (χ3n) is 4.84. The predicted molar refractivity (Wildman–Crippen MR) is 105 cm³/mol. The van der Waals surface area contributed by atoms with Crippen molar-refractivity contribution in [1.82, 2.24) is 9.80 Å². The molecule has 3 rings (SSSR count). The Balaban J connectivity index is 1.45. The van der Waals surface area contributed by atoms with Gasteiger partial charge in [0.1, 0.15) is 11.6 Å². The molecule has 1 aliphatic heterocycles. The molecule has 0 saturated carbocycles. The Labute approximate surface area is 164 Å². The summed E-state index contributed by atoms with van der Waals surface area (Å²) in [7, 11) is 0. The first kappa shape index (κ1) is 19.9. The second-order valence-electron chi connectivity index (χ2n) is 6.86. The summed E-state index contributed by atoms with van der Waals surface area (Å²) in [6, 6.07) is 13.3. The monoisotopic (exact) mass is 384 g/mol. The van der Waals surface area contributed by atoms with E-state index < -0.39 is 0 Å². The fourth-order valence-electron chi connectivity index (χ4n) is 3.21. The van der Waals surface area contributed by atoms with E-state index >= 15 is 0 Å². The molecule has 0 N–H and O–H groups in total. The number of rotatable bonds is 6. The fraction of sp³-hybridized carbons (Fsp3) is 0.364. The molecule has 2 amide bonds. The summed E-state index contributed by atoms with van der Waals surface area (Å²) >= 11 is 0. The second-order valence-corrected chi connectivity index (χ2v) is 6.86. The summed E-state index contributed by atoms with van der Waals surface area (Å²) in [6.45, 7) is 3.95. The van der Waals surface area contributed by atoms with Crippen LogP contribution in [0.5, 0.6) is 5.75 Å². The largest absolute Gasteiger partial charge is 0.484 e. The average molecular weight is 384 g/mol. The minimum atomic E-state index is -0.369. The number of hydrogen-bond donors (Lipinski definition) is 0. The Bertz CT molecular complexity index is 798. The third-order valence-corrected chi connectivity index (χ3v) is 4.84. The highest BCUT2D eigenvalue weighted by molar-refractivity contribution is 5.94. The highest BCUT2D eigenvalue weighted by Crippen LogP contribution is 2.14. The van der Waals surface area contributed by atoms with Crippen molar-refractivity contribution in [3.63, 3.8) is 0 Å². The summed E-state index contributed by atoms with van der Waals surface area (Å²) in [5, 5.41) is 0. The summed E-state index contributed by atoms with van der Waals surface area (Å²) in [4.78, 5) is 28.2. The maximum Gasteiger partial charge on any atom is 0.260 e. The number of carbonyl (C=O) groups excluding carboxylic acids is 2. The van der Waals surface area contributed by atoms with Crippen LogP contribution in [0.4, 0.5) is 4.39 Å². The molecule has 0 bridgehead atoms. The van der Waals surface area contributed by atoms with Gasteiger partial charge in [-0.3, -0.25) is 9.59 Å². The lowest BCUT2D eigenvalue weighted by Gasteiger charge is -2.34. The quantitative estimate of drug-likeness (QED) is 0.769. The standard InChI is InChI=1S/C22H25FN2O3/c1-2-3-17-4-10-20(11-5-17)28-16-21(26)24-12-14-25(15-13-24)22(27)18-6-8-19(23)9-7-18/h4-11H,2-3,12-16H2,1H3. The number of amides is 2. The van der Waals surface area contributed by atoms with Gasteiger partial charge in [-0.05, 0) is 48.4 Å². The Morgan fingerprint density at radius 2 is 1.54 bits per heavy atom. The number of piperazine rings is 1. The topological polar surface area (TPSA) is 49.9 Å². The minimum absolute atomic E-state index is 0.0148. The summed E-state index contributed by atoms with van der Waals surface area (Å²) in [5.41, 5.74) is 1.71. The molecule has 148 valence electrons. The zero-order chi connectivity index (χ0) is 19.9. The van der Waals surface area contributed by atoms with Gasteiger partial charge in [0.25, 0.3) is 11.8 Å². The molecule has 5 nitrogen and oxygen atoms in total. The van der Waals surface area contributed by atoms with E-state index in [2.05, 4.69) is 6.92 Å². The lowest BCUT2D eigenvalue weighted by molar-refractivity contribution is -0.134. The number of nitrogens with zero attached hydrogens (tertiary/aromatic N) is 2. The van der Waals surface area contributed by atoms with Crippen LogP contribution in [-0.4, -0.2) is 54.4 Å². The smallest absolute Gasteiger partial charge is 0.260 e. The Hall–Kier alpha value is -2.89. The zero-order valence-corrected chi connectivity index (χ0v) is 16.1. The Morgan fingerprint density at radius 1 is 0.929 bits per heavy atom. The van der Waals surface area contributed by atoms with Gasteiger partial charge in [-0.2, -0.15) is 0 Å². The van der Waals surface area contributed by atoms with Crippen molar-refractivity contribution in [3.8, 4) is 5.75 Å². The summed E-state index contributed by atoms with van der Waals surface area (Å²) in [6.07, 6.45) is 2.12. The SMILES string of the molecule is CCCc1ccc(OCC(=O)N2CCN(C(=O)c3ccc(F)cc3)CC2)cc1. The molecule has 0 unspecified atom stereocenters. The van der Waals surface area contributed by atoms with Crippen LogP contribution >= 0.6 is 0 Å². The van der Waals surface area contributed by atoms with Crippen LogP contribution in [0.2, 0.25) is 0 Å². The van der Waals surface area contributed by atoms with Gasteiger partial charge in [0, 0.05) is 31.7 Å². The fourth-order valence-corrected chi connectivity index (χ4v) is 3.21. The van der Waals surface area contributed by atoms with Crippen molar-refractivity contribution in [2.75, 3.05) is 32.8 Å². The molecule has 2 aromatic carbocycles. The maximum absolute atomic E-state index is 13.0. The van der Waals surface area contributed by atoms with E-state index in [1.54, 1.807) is 9.80 Å². The summed E-state index contributed by atoms with van der Waals surface area (Å²) < 4.78 is 18.6. The van der Waals surface area contributed by atoms with E-state index in [1.165, 1.54) is 29.8 Å². The molecule has 0 aromatic heterocycles. The number of hydrogen-bond acceptors (Lipinski definition) is 3. The highest BCUT2D eigenvalue weighted by atomic mass is 19.1. The van der Waals surface area contributed by atoms with Gasteiger partial charge in [0.15, 0.2) is 6.61 Å². The molecule has 1 heterocycles. The van der Waals surface area contributed by atoms with Crippen molar-refractivity contribution in [3.05, 3.63) is 65.5 Å². The molecule has 0 aliphatic carbocycles. The van der Waals surface area contributed by atoms with Crippen LogP contribution in [0, 0.1) is 5.82 Å². The lowest BCUT2D eigenvalue weighted by Crippen LogP contribution is -2.51. The van der Waals surface area contributed by atoms with Crippen molar-refractivity contribution < 1.29 is 18.7 Å².